The lowest BCUT2D eigenvalue weighted by atomic mass is 9.90. The Kier molecular flexibility index (Phi) is 6.14. The van der Waals surface area contributed by atoms with Gasteiger partial charge in [0.05, 0.1) is 5.02 Å². The molecule has 0 radical (unpaired) electrons. The van der Waals surface area contributed by atoms with Crippen LogP contribution in [-0.2, 0) is 9.59 Å². The molecule has 0 aromatic heterocycles. The second-order valence-corrected chi connectivity index (χ2v) is 7.70. The number of anilines is 1. The van der Waals surface area contributed by atoms with E-state index in [-0.39, 0.29) is 28.7 Å². The average Bonchev–Trinajstić information content (AvgIpc) is 2.64. The largest absolute Gasteiger partial charge is 0.342 e. The van der Waals surface area contributed by atoms with Crippen LogP contribution in [0.2, 0.25) is 5.02 Å². The molecule has 1 aromatic carbocycles. The van der Waals surface area contributed by atoms with E-state index in [4.69, 9.17) is 11.6 Å². The lowest BCUT2D eigenvalue weighted by Gasteiger charge is -2.36. The minimum absolute atomic E-state index is 0.0144. The number of likely N-dealkylation sites (tertiary alicyclic amines) is 1. The molecular weight excluding hydrogens is 357 g/mol. The lowest BCUT2D eigenvalue weighted by Crippen LogP contribution is -2.47. The molecule has 0 spiro atoms. The normalized spacial score (nSPS) is 24.3. The number of nitrogens with one attached hydrogen (secondary N) is 2. The first kappa shape index (κ1) is 19.1. The summed E-state index contributed by atoms with van der Waals surface area (Å²) in [6, 6.07) is 4.52. The molecule has 2 saturated heterocycles. The first-order valence-electron chi connectivity index (χ1n) is 9.22. The van der Waals surface area contributed by atoms with Crippen LogP contribution in [0.15, 0.2) is 18.2 Å². The Morgan fingerprint density at radius 3 is 2.62 bits per heavy atom. The number of benzene rings is 1. The van der Waals surface area contributed by atoms with Crippen LogP contribution in [0.3, 0.4) is 0 Å². The molecule has 2 atom stereocenters. The molecule has 3 rings (SSSR count). The second-order valence-electron chi connectivity index (χ2n) is 7.29. The van der Waals surface area contributed by atoms with E-state index in [0.29, 0.717) is 37.7 Å². The average molecular weight is 382 g/mol. The molecule has 0 bridgehead atoms. The van der Waals surface area contributed by atoms with Crippen molar-refractivity contribution in [2.45, 2.75) is 38.6 Å². The van der Waals surface area contributed by atoms with E-state index in [1.54, 1.807) is 0 Å². The zero-order valence-electron chi connectivity index (χ0n) is 14.9. The Hall–Kier alpha value is -1.66. The summed E-state index contributed by atoms with van der Waals surface area (Å²) in [4.78, 5) is 27.0. The summed E-state index contributed by atoms with van der Waals surface area (Å²) in [6.07, 6.45) is 3.06. The number of hydrogen-bond acceptors (Lipinski definition) is 3. The number of carbonyl (C=O) groups excluding carboxylic acids is 2. The Balaban J connectivity index is 1.50. The van der Waals surface area contributed by atoms with Crippen molar-refractivity contribution >= 4 is 29.1 Å². The lowest BCUT2D eigenvalue weighted by molar-refractivity contribution is -0.139. The maximum Gasteiger partial charge on any atom is 0.227 e. The Morgan fingerprint density at radius 2 is 1.96 bits per heavy atom. The second kappa shape index (κ2) is 8.35. The SMILES string of the molecule is C[C@H]1C[C@@H](C(=O)N2CCC(C(=O)Nc3ccc(F)c(Cl)c3)CC2)CCN1. The van der Waals surface area contributed by atoms with Gasteiger partial charge in [-0.3, -0.25) is 9.59 Å². The summed E-state index contributed by atoms with van der Waals surface area (Å²) in [5.41, 5.74) is 0.489. The Bertz CT molecular complexity index is 677. The first-order chi connectivity index (χ1) is 12.4. The van der Waals surface area contributed by atoms with Gasteiger partial charge >= 0.3 is 0 Å². The number of halogens is 2. The maximum atomic E-state index is 13.2. The van der Waals surface area contributed by atoms with Gasteiger partial charge in [-0.05, 0) is 57.4 Å². The summed E-state index contributed by atoms with van der Waals surface area (Å²) in [7, 11) is 0. The fraction of sp³-hybridized carbons (Fsp3) is 0.579. The third kappa shape index (κ3) is 4.54. The van der Waals surface area contributed by atoms with Crippen LogP contribution >= 0.6 is 11.6 Å². The Labute approximate surface area is 158 Å². The number of nitrogens with zero attached hydrogens (tertiary/aromatic N) is 1. The van der Waals surface area contributed by atoms with E-state index in [1.807, 2.05) is 4.90 Å². The van der Waals surface area contributed by atoms with Crippen molar-refractivity contribution < 1.29 is 14.0 Å². The van der Waals surface area contributed by atoms with Crippen LogP contribution in [0.1, 0.15) is 32.6 Å². The summed E-state index contributed by atoms with van der Waals surface area (Å²) in [5, 5.41) is 6.14. The van der Waals surface area contributed by atoms with Crippen LogP contribution in [0.25, 0.3) is 0 Å². The number of hydrogen-bond donors (Lipinski definition) is 2. The molecule has 2 amide bonds. The van der Waals surface area contributed by atoms with Crippen LogP contribution in [0, 0.1) is 17.7 Å². The fourth-order valence-corrected chi connectivity index (χ4v) is 3.98. The van der Waals surface area contributed by atoms with Gasteiger partial charge in [0.2, 0.25) is 11.8 Å². The van der Waals surface area contributed by atoms with E-state index >= 15 is 0 Å². The number of piperidine rings is 2. The van der Waals surface area contributed by atoms with Gasteiger partial charge in [-0.1, -0.05) is 11.6 Å². The zero-order chi connectivity index (χ0) is 18.7. The van der Waals surface area contributed by atoms with Crippen LogP contribution in [0.4, 0.5) is 10.1 Å². The number of rotatable bonds is 3. The number of carbonyl (C=O) groups is 2. The third-order valence-electron chi connectivity index (χ3n) is 5.34. The van der Waals surface area contributed by atoms with E-state index < -0.39 is 5.82 Å². The van der Waals surface area contributed by atoms with Crippen molar-refractivity contribution in [1.82, 2.24) is 10.2 Å². The molecule has 2 fully saturated rings. The van der Waals surface area contributed by atoms with Crippen LogP contribution < -0.4 is 10.6 Å². The van der Waals surface area contributed by atoms with Gasteiger partial charge in [-0.2, -0.15) is 0 Å². The predicted molar refractivity (Wildman–Crippen MR) is 99.5 cm³/mol. The van der Waals surface area contributed by atoms with E-state index in [9.17, 15) is 14.0 Å². The smallest absolute Gasteiger partial charge is 0.227 e. The van der Waals surface area contributed by atoms with Gasteiger partial charge in [-0.25, -0.2) is 4.39 Å². The minimum Gasteiger partial charge on any atom is -0.342 e. The molecule has 2 N–H and O–H groups in total. The monoisotopic (exact) mass is 381 g/mol. The standard InChI is InChI=1S/C19H25ClFN3O2/c1-12-10-14(4-7-22-12)19(26)24-8-5-13(6-9-24)18(25)23-15-2-3-17(21)16(20)11-15/h2-3,11-14,22H,4-10H2,1H3,(H,23,25)/t12-,14-/m0/s1. The predicted octanol–water partition coefficient (Wildman–Crippen LogP) is 3.04. The maximum absolute atomic E-state index is 13.2. The highest BCUT2D eigenvalue weighted by atomic mass is 35.5. The minimum atomic E-state index is -0.510. The van der Waals surface area contributed by atoms with Gasteiger partial charge in [0.25, 0.3) is 0 Å². The van der Waals surface area contributed by atoms with Crippen molar-refractivity contribution in [3.63, 3.8) is 0 Å². The van der Waals surface area contributed by atoms with Crippen molar-refractivity contribution in [2.75, 3.05) is 25.0 Å². The van der Waals surface area contributed by atoms with Crippen molar-refractivity contribution in [3.8, 4) is 0 Å². The van der Waals surface area contributed by atoms with Gasteiger partial charge in [0.1, 0.15) is 5.82 Å². The van der Waals surface area contributed by atoms with Gasteiger partial charge in [-0.15, -0.1) is 0 Å². The molecule has 7 heteroatoms. The molecule has 0 unspecified atom stereocenters. The molecule has 2 aliphatic rings. The van der Waals surface area contributed by atoms with Crippen LogP contribution in [0.5, 0.6) is 0 Å². The highest BCUT2D eigenvalue weighted by Gasteiger charge is 2.32. The van der Waals surface area contributed by atoms with E-state index in [1.165, 1.54) is 18.2 Å². The fourth-order valence-electron chi connectivity index (χ4n) is 3.79. The zero-order valence-corrected chi connectivity index (χ0v) is 15.7. The molecule has 2 aliphatic heterocycles. The molecule has 0 aliphatic carbocycles. The molecule has 5 nitrogen and oxygen atoms in total. The molecule has 2 heterocycles. The first-order valence-corrected chi connectivity index (χ1v) is 9.60. The van der Waals surface area contributed by atoms with E-state index in [2.05, 4.69) is 17.6 Å². The molecule has 1 aromatic rings. The highest BCUT2D eigenvalue weighted by Crippen LogP contribution is 2.25. The molecule has 0 saturated carbocycles. The molecule has 142 valence electrons. The summed E-state index contributed by atoms with van der Waals surface area (Å²) >= 11 is 5.75. The van der Waals surface area contributed by atoms with Gasteiger partial charge in [0.15, 0.2) is 0 Å². The van der Waals surface area contributed by atoms with Crippen LogP contribution in [-0.4, -0.2) is 42.4 Å². The van der Waals surface area contributed by atoms with Crippen molar-refractivity contribution in [3.05, 3.63) is 29.0 Å². The molecular formula is C19H25ClFN3O2. The summed E-state index contributed by atoms with van der Waals surface area (Å²) < 4.78 is 13.2. The quantitative estimate of drug-likeness (QED) is 0.846. The van der Waals surface area contributed by atoms with E-state index in [0.717, 1.165) is 19.4 Å². The topological polar surface area (TPSA) is 61.4 Å². The van der Waals surface area contributed by atoms with Gasteiger partial charge < -0.3 is 15.5 Å². The van der Waals surface area contributed by atoms with Crippen molar-refractivity contribution in [2.24, 2.45) is 11.8 Å². The molecule has 26 heavy (non-hydrogen) atoms. The Morgan fingerprint density at radius 1 is 1.23 bits per heavy atom. The van der Waals surface area contributed by atoms with Crippen molar-refractivity contribution in [1.29, 1.82) is 0 Å². The number of amides is 2. The third-order valence-corrected chi connectivity index (χ3v) is 5.63. The summed E-state index contributed by atoms with van der Waals surface area (Å²) in [6.45, 7) is 4.22. The van der Waals surface area contributed by atoms with Gasteiger partial charge in [0, 0.05) is 36.7 Å². The summed E-state index contributed by atoms with van der Waals surface area (Å²) in [5.74, 6) is -0.436. The highest BCUT2D eigenvalue weighted by molar-refractivity contribution is 6.31.